The van der Waals surface area contributed by atoms with Gasteiger partial charge < -0.3 is 0 Å². The predicted molar refractivity (Wildman–Crippen MR) is 93.6 cm³/mol. The molecule has 2 fully saturated rings. The molecule has 0 bridgehead atoms. The highest BCUT2D eigenvalue weighted by Gasteiger charge is 2.94. The average molecular weight is 363 g/mol. The molecule has 0 aromatic heterocycles. The Balaban J connectivity index is 2.43. The summed E-state index contributed by atoms with van der Waals surface area (Å²) in [5, 5.41) is 0.173. The highest BCUT2D eigenvalue weighted by molar-refractivity contribution is 5.37. The summed E-state index contributed by atoms with van der Waals surface area (Å²) in [6.45, 7) is 12.6. The first-order valence-electron chi connectivity index (χ1n) is 9.34. The number of hydrogen-bond donors (Lipinski definition) is 0. The van der Waals surface area contributed by atoms with E-state index in [1.807, 2.05) is 27.7 Å². The Labute approximate surface area is 149 Å². The topological polar surface area (TPSA) is 3.24 Å². The maximum Gasteiger partial charge on any atom is 0.254 e. The van der Waals surface area contributed by atoms with Crippen molar-refractivity contribution >= 4 is 0 Å². The molecule has 5 heteroatoms. The van der Waals surface area contributed by atoms with Crippen molar-refractivity contribution in [1.29, 1.82) is 0 Å². The molecule has 0 saturated heterocycles. The minimum atomic E-state index is -2.84. The fraction of sp³-hybridized carbons (Fsp3) is 0.900. The molecule has 0 heterocycles. The minimum Gasteiger partial charge on any atom is -0.227 e. The van der Waals surface area contributed by atoms with Gasteiger partial charge in [-0.3, -0.25) is 0 Å². The molecular formula is C20H33F4N. The second-order valence-electron chi connectivity index (χ2n) is 9.32. The lowest BCUT2D eigenvalue weighted by Gasteiger charge is -2.57. The maximum atomic E-state index is 15.2. The summed E-state index contributed by atoms with van der Waals surface area (Å²) in [7, 11) is 0. The van der Waals surface area contributed by atoms with Crippen LogP contribution in [0.5, 0.6) is 0 Å². The van der Waals surface area contributed by atoms with E-state index >= 15 is 4.39 Å². The molecule has 25 heavy (non-hydrogen) atoms. The van der Waals surface area contributed by atoms with E-state index in [9.17, 15) is 13.3 Å². The third kappa shape index (κ3) is 2.36. The normalized spacial score (nSPS) is 37.5. The molecule has 2 aliphatic carbocycles. The lowest BCUT2D eigenvalue weighted by atomic mass is 9.50. The van der Waals surface area contributed by atoms with Gasteiger partial charge in [0, 0.05) is 23.2 Å². The van der Waals surface area contributed by atoms with Gasteiger partial charge in [0.2, 0.25) is 0 Å². The minimum absolute atomic E-state index is 0.161. The summed E-state index contributed by atoms with van der Waals surface area (Å²) in [4.78, 5) is 0. The predicted octanol–water partition coefficient (Wildman–Crippen LogP) is 6.56. The van der Waals surface area contributed by atoms with Gasteiger partial charge in [-0.15, -0.1) is 9.60 Å². The number of halogens is 4. The van der Waals surface area contributed by atoms with Crippen LogP contribution in [0.2, 0.25) is 0 Å². The smallest absolute Gasteiger partial charge is 0.227 e. The fourth-order valence-electron chi connectivity index (χ4n) is 5.96. The van der Waals surface area contributed by atoms with E-state index < -0.39 is 34.4 Å². The molecule has 4 unspecified atom stereocenters. The fourth-order valence-corrected chi connectivity index (χ4v) is 5.96. The van der Waals surface area contributed by atoms with Crippen molar-refractivity contribution in [2.75, 3.05) is 6.54 Å². The van der Waals surface area contributed by atoms with Crippen LogP contribution in [0.15, 0.2) is 12.2 Å². The molecular weight excluding hydrogens is 330 g/mol. The van der Waals surface area contributed by atoms with Crippen molar-refractivity contribution in [3.05, 3.63) is 12.2 Å². The van der Waals surface area contributed by atoms with Crippen LogP contribution in [0.25, 0.3) is 0 Å². The van der Waals surface area contributed by atoms with Crippen LogP contribution >= 0.6 is 0 Å². The van der Waals surface area contributed by atoms with E-state index in [0.717, 1.165) is 12.8 Å². The molecule has 0 aromatic carbocycles. The molecule has 0 aliphatic heterocycles. The van der Waals surface area contributed by atoms with Crippen LogP contribution in [-0.2, 0) is 0 Å². The SMILES string of the molecule is CC=CCN(F)C(F)C1C(C)(C(C)(C)CCC)C12CC(F)(F)C2(C)C. The molecule has 146 valence electrons. The Kier molecular flexibility index (Phi) is 4.95. The Morgan fingerprint density at radius 1 is 1.24 bits per heavy atom. The third-order valence-corrected chi connectivity index (χ3v) is 7.87. The van der Waals surface area contributed by atoms with Gasteiger partial charge >= 0.3 is 0 Å². The first-order chi connectivity index (χ1) is 11.3. The molecule has 0 aromatic rings. The monoisotopic (exact) mass is 363 g/mol. The van der Waals surface area contributed by atoms with E-state index in [1.54, 1.807) is 13.0 Å². The van der Waals surface area contributed by atoms with Gasteiger partial charge in [-0.25, -0.2) is 13.2 Å². The molecule has 2 saturated carbocycles. The standard InChI is InChI=1S/C20H33F4N/c1-8-10-12-25(24)15(21)14-18(7,16(3,4)11-9-2)19(14)13-20(22,23)17(19,5)6/h8,10,14-15H,9,11-13H2,1-7H3. The van der Waals surface area contributed by atoms with Gasteiger partial charge in [-0.05, 0) is 24.2 Å². The van der Waals surface area contributed by atoms with Crippen molar-refractivity contribution in [2.24, 2.45) is 27.6 Å². The van der Waals surface area contributed by atoms with Gasteiger partial charge in [-0.1, -0.05) is 60.1 Å². The molecule has 1 nitrogen and oxygen atoms in total. The van der Waals surface area contributed by atoms with Gasteiger partial charge in [0.05, 0.1) is 6.54 Å². The van der Waals surface area contributed by atoms with Crippen LogP contribution in [0, 0.1) is 27.6 Å². The van der Waals surface area contributed by atoms with Crippen molar-refractivity contribution in [1.82, 2.24) is 5.12 Å². The molecule has 4 atom stereocenters. The van der Waals surface area contributed by atoms with Gasteiger partial charge in [0.15, 0.2) is 6.30 Å². The number of hydrogen-bond acceptors (Lipinski definition) is 1. The van der Waals surface area contributed by atoms with Gasteiger partial charge in [0.25, 0.3) is 5.92 Å². The molecule has 0 N–H and O–H groups in total. The molecule has 1 spiro atoms. The highest BCUT2D eigenvalue weighted by Crippen LogP contribution is 2.92. The summed E-state index contributed by atoms with van der Waals surface area (Å²) in [6.07, 6.45) is 2.67. The Morgan fingerprint density at radius 3 is 2.20 bits per heavy atom. The summed E-state index contributed by atoms with van der Waals surface area (Å²) in [5.74, 6) is -3.57. The number of nitrogens with zero attached hydrogens (tertiary/aromatic N) is 1. The first-order valence-corrected chi connectivity index (χ1v) is 9.34. The van der Waals surface area contributed by atoms with Crippen LogP contribution in [0.3, 0.4) is 0 Å². The lowest BCUT2D eigenvalue weighted by molar-refractivity contribution is -0.264. The lowest BCUT2D eigenvalue weighted by Crippen LogP contribution is -2.60. The Hall–Kier alpha value is -0.580. The largest absolute Gasteiger partial charge is 0.254 e. The third-order valence-electron chi connectivity index (χ3n) is 7.87. The summed E-state index contributed by atoms with van der Waals surface area (Å²) < 4.78 is 58.3. The van der Waals surface area contributed by atoms with Crippen molar-refractivity contribution in [3.63, 3.8) is 0 Å². The molecule has 0 radical (unpaired) electrons. The maximum absolute atomic E-state index is 15.2. The van der Waals surface area contributed by atoms with Crippen molar-refractivity contribution in [3.8, 4) is 0 Å². The van der Waals surface area contributed by atoms with Crippen LogP contribution < -0.4 is 0 Å². The zero-order valence-corrected chi connectivity index (χ0v) is 16.6. The van der Waals surface area contributed by atoms with Crippen molar-refractivity contribution in [2.45, 2.75) is 79.9 Å². The number of alkyl halides is 3. The summed E-state index contributed by atoms with van der Waals surface area (Å²) in [5.41, 5.74) is -3.22. The van der Waals surface area contributed by atoms with Gasteiger partial charge in [0.1, 0.15) is 0 Å². The number of allylic oxidation sites excluding steroid dienone is 1. The summed E-state index contributed by atoms with van der Waals surface area (Å²) >= 11 is 0. The first kappa shape index (κ1) is 20.7. The second-order valence-corrected chi connectivity index (χ2v) is 9.32. The Bertz CT molecular complexity index is 542. The van der Waals surface area contributed by atoms with Crippen LogP contribution in [0.1, 0.15) is 67.7 Å². The number of rotatable bonds is 7. The second kappa shape index (κ2) is 5.97. The zero-order chi connectivity index (χ0) is 19.5. The van der Waals surface area contributed by atoms with E-state index in [4.69, 9.17) is 0 Å². The zero-order valence-electron chi connectivity index (χ0n) is 16.6. The van der Waals surface area contributed by atoms with E-state index in [1.165, 1.54) is 19.9 Å². The van der Waals surface area contributed by atoms with Crippen molar-refractivity contribution < 1.29 is 17.7 Å². The molecule has 2 aliphatic rings. The molecule has 0 amide bonds. The summed E-state index contributed by atoms with van der Waals surface area (Å²) in [6, 6.07) is 0. The average Bonchev–Trinajstić information content (AvgIpc) is 3.07. The van der Waals surface area contributed by atoms with E-state index in [-0.39, 0.29) is 23.5 Å². The van der Waals surface area contributed by atoms with Crippen LogP contribution in [0.4, 0.5) is 17.7 Å². The van der Waals surface area contributed by atoms with Gasteiger partial charge in [-0.2, -0.15) is 0 Å². The van der Waals surface area contributed by atoms with Crippen LogP contribution in [-0.4, -0.2) is 23.9 Å². The molecule has 2 rings (SSSR count). The quantitative estimate of drug-likeness (QED) is 0.214. The van der Waals surface area contributed by atoms with E-state index in [0.29, 0.717) is 0 Å². The Morgan fingerprint density at radius 2 is 1.80 bits per heavy atom. The highest BCUT2D eigenvalue weighted by atomic mass is 19.3. The van der Waals surface area contributed by atoms with E-state index in [2.05, 4.69) is 0 Å².